The van der Waals surface area contributed by atoms with E-state index in [2.05, 4.69) is 10.4 Å². The van der Waals surface area contributed by atoms with Crippen molar-refractivity contribution in [2.24, 2.45) is 0 Å². The minimum Gasteiger partial charge on any atom is -0.493 e. The van der Waals surface area contributed by atoms with Crippen molar-refractivity contribution in [1.82, 2.24) is 15.1 Å². The lowest BCUT2D eigenvalue weighted by Crippen LogP contribution is -2.32. The van der Waals surface area contributed by atoms with Crippen LogP contribution in [0, 0.1) is 10.1 Å². The summed E-state index contributed by atoms with van der Waals surface area (Å²) in [6.07, 6.45) is 2.33. The van der Waals surface area contributed by atoms with Crippen molar-refractivity contribution in [2.75, 3.05) is 6.61 Å². The van der Waals surface area contributed by atoms with Crippen LogP contribution in [0.4, 0.5) is 5.69 Å². The molecule has 2 aromatic carbocycles. The van der Waals surface area contributed by atoms with Gasteiger partial charge >= 0.3 is 0 Å². The van der Waals surface area contributed by atoms with Crippen molar-refractivity contribution in [3.63, 3.8) is 0 Å². The third-order valence-corrected chi connectivity index (χ3v) is 4.41. The summed E-state index contributed by atoms with van der Waals surface area (Å²) in [5, 5.41) is 18.0. The van der Waals surface area contributed by atoms with Gasteiger partial charge < -0.3 is 10.1 Å². The Hall–Kier alpha value is -3.68. The Morgan fingerprint density at radius 3 is 2.74 bits per heavy atom. The van der Waals surface area contributed by atoms with E-state index >= 15 is 0 Å². The molecule has 0 fully saturated rings. The molecule has 0 saturated carbocycles. The number of aromatic nitrogens is 2. The number of nitrogens with zero attached hydrogens (tertiary/aromatic N) is 3. The van der Waals surface area contributed by atoms with Gasteiger partial charge in [0.15, 0.2) is 5.69 Å². The zero-order valence-corrected chi connectivity index (χ0v) is 14.2. The monoisotopic (exact) mass is 364 g/mol. The Bertz CT molecular complexity index is 997. The molecule has 0 spiro atoms. The van der Waals surface area contributed by atoms with E-state index in [4.69, 9.17) is 4.74 Å². The van der Waals surface area contributed by atoms with Gasteiger partial charge in [-0.3, -0.25) is 14.9 Å². The van der Waals surface area contributed by atoms with Crippen LogP contribution in [0.5, 0.6) is 5.75 Å². The highest BCUT2D eigenvalue weighted by molar-refractivity contribution is 5.92. The van der Waals surface area contributed by atoms with Gasteiger partial charge in [-0.1, -0.05) is 18.2 Å². The number of amides is 1. The molecule has 0 saturated heterocycles. The molecule has 3 aromatic rings. The first-order valence-corrected chi connectivity index (χ1v) is 8.45. The summed E-state index contributed by atoms with van der Waals surface area (Å²) >= 11 is 0. The van der Waals surface area contributed by atoms with Gasteiger partial charge in [0.2, 0.25) is 0 Å². The van der Waals surface area contributed by atoms with Crippen molar-refractivity contribution in [3.05, 3.63) is 82.2 Å². The molecule has 1 aliphatic rings. The maximum atomic E-state index is 12.6. The van der Waals surface area contributed by atoms with E-state index in [1.807, 2.05) is 24.3 Å². The summed E-state index contributed by atoms with van der Waals surface area (Å²) in [6.45, 7) is 0.541. The molecule has 0 aliphatic carbocycles. The number of hydrogen-bond acceptors (Lipinski definition) is 5. The van der Waals surface area contributed by atoms with Crippen LogP contribution in [0.15, 0.2) is 60.8 Å². The molecule has 8 heteroatoms. The van der Waals surface area contributed by atoms with Crippen LogP contribution < -0.4 is 10.1 Å². The number of rotatable bonds is 4. The minimum absolute atomic E-state index is 0.00190. The zero-order chi connectivity index (χ0) is 18.8. The topological polar surface area (TPSA) is 99.3 Å². The molecule has 2 heterocycles. The Balaban J connectivity index is 1.50. The Labute approximate surface area is 154 Å². The molecule has 8 nitrogen and oxygen atoms in total. The minimum atomic E-state index is -0.461. The average molecular weight is 364 g/mol. The summed E-state index contributed by atoms with van der Waals surface area (Å²) in [5.41, 5.74) is 1.86. The SMILES string of the molecule is O=C(NC1CCOc2ccccc21)c1ccn(-c2ccc([N+](=O)[O-])cc2)n1. The normalized spacial score (nSPS) is 15.5. The van der Waals surface area contributed by atoms with Crippen molar-refractivity contribution < 1.29 is 14.5 Å². The largest absolute Gasteiger partial charge is 0.493 e. The quantitative estimate of drug-likeness (QED) is 0.567. The van der Waals surface area contributed by atoms with E-state index in [-0.39, 0.29) is 23.3 Å². The Kier molecular flexibility index (Phi) is 4.29. The number of carbonyl (C=O) groups excluding carboxylic acids is 1. The summed E-state index contributed by atoms with van der Waals surface area (Å²) in [5.74, 6) is 0.503. The van der Waals surface area contributed by atoms with Gasteiger partial charge in [0, 0.05) is 30.3 Å². The first kappa shape index (κ1) is 16.8. The third-order valence-electron chi connectivity index (χ3n) is 4.41. The second-order valence-electron chi connectivity index (χ2n) is 6.12. The number of nitro benzene ring substituents is 1. The van der Waals surface area contributed by atoms with E-state index in [1.165, 1.54) is 16.8 Å². The van der Waals surface area contributed by atoms with Gasteiger partial charge in [0.1, 0.15) is 5.75 Å². The molecule has 1 amide bonds. The number of nitro groups is 1. The van der Waals surface area contributed by atoms with Gasteiger partial charge in [-0.25, -0.2) is 4.68 Å². The summed E-state index contributed by atoms with van der Waals surface area (Å²) in [7, 11) is 0. The van der Waals surface area contributed by atoms with Gasteiger partial charge in [0.25, 0.3) is 11.6 Å². The molecule has 1 aromatic heterocycles. The lowest BCUT2D eigenvalue weighted by atomic mass is 10.0. The second kappa shape index (κ2) is 6.91. The highest BCUT2D eigenvalue weighted by atomic mass is 16.6. The number of non-ortho nitro benzene ring substituents is 1. The number of carbonyl (C=O) groups is 1. The fourth-order valence-electron chi connectivity index (χ4n) is 3.04. The standard InChI is InChI=1S/C19H16N4O4/c24-19(20-16-10-12-27-18-4-2-1-3-15(16)18)17-9-11-22(21-17)13-5-7-14(8-6-13)23(25)26/h1-9,11,16H,10,12H2,(H,20,24). The number of benzene rings is 2. The molecule has 136 valence electrons. The predicted octanol–water partition coefficient (Wildman–Crippen LogP) is 3.03. The van der Waals surface area contributed by atoms with Crippen molar-refractivity contribution in [1.29, 1.82) is 0 Å². The first-order chi connectivity index (χ1) is 13.1. The van der Waals surface area contributed by atoms with E-state index in [9.17, 15) is 14.9 Å². The lowest BCUT2D eigenvalue weighted by molar-refractivity contribution is -0.384. The van der Waals surface area contributed by atoms with Crippen LogP contribution in [-0.2, 0) is 0 Å². The fourth-order valence-corrected chi connectivity index (χ4v) is 3.04. The number of fused-ring (bicyclic) bond motifs is 1. The van der Waals surface area contributed by atoms with Crippen molar-refractivity contribution >= 4 is 11.6 Å². The fraction of sp³-hybridized carbons (Fsp3) is 0.158. The highest BCUT2D eigenvalue weighted by Gasteiger charge is 2.24. The maximum Gasteiger partial charge on any atom is 0.272 e. The van der Waals surface area contributed by atoms with E-state index in [0.717, 1.165) is 11.3 Å². The second-order valence-corrected chi connectivity index (χ2v) is 6.12. The maximum absolute atomic E-state index is 12.6. The van der Waals surface area contributed by atoms with Crippen LogP contribution in [-0.4, -0.2) is 27.2 Å². The summed E-state index contributed by atoms with van der Waals surface area (Å²) in [6, 6.07) is 15.1. The van der Waals surface area contributed by atoms with Crippen LogP contribution in [0.1, 0.15) is 28.5 Å². The van der Waals surface area contributed by atoms with E-state index < -0.39 is 4.92 Å². The van der Waals surface area contributed by atoms with E-state index in [0.29, 0.717) is 18.7 Å². The molecule has 4 rings (SSSR count). The molecule has 1 unspecified atom stereocenters. The Morgan fingerprint density at radius 1 is 1.19 bits per heavy atom. The summed E-state index contributed by atoms with van der Waals surface area (Å²) in [4.78, 5) is 22.9. The van der Waals surface area contributed by atoms with Gasteiger partial charge in [0.05, 0.1) is 23.3 Å². The predicted molar refractivity (Wildman–Crippen MR) is 97.0 cm³/mol. The molecule has 27 heavy (non-hydrogen) atoms. The molecule has 0 bridgehead atoms. The van der Waals surface area contributed by atoms with E-state index in [1.54, 1.807) is 24.4 Å². The van der Waals surface area contributed by atoms with Crippen LogP contribution in [0.3, 0.4) is 0 Å². The number of ether oxygens (including phenoxy) is 1. The molecule has 0 radical (unpaired) electrons. The van der Waals surface area contributed by atoms with Crippen molar-refractivity contribution in [2.45, 2.75) is 12.5 Å². The lowest BCUT2D eigenvalue weighted by Gasteiger charge is -2.26. The van der Waals surface area contributed by atoms with Crippen LogP contribution in [0.25, 0.3) is 5.69 Å². The number of hydrogen-bond donors (Lipinski definition) is 1. The third kappa shape index (κ3) is 3.37. The molecular weight excluding hydrogens is 348 g/mol. The Morgan fingerprint density at radius 2 is 1.96 bits per heavy atom. The number of nitrogens with one attached hydrogen (secondary N) is 1. The van der Waals surface area contributed by atoms with Crippen LogP contribution in [0.2, 0.25) is 0 Å². The molecule has 1 N–H and O–H groups in total. The van der Waals surface area contributed by atoms with Gasteiger partial charge in [-0.2, -0.15) is 5.10 Å². The van der Waals surface area contributed by atoms with Crippen LogP contribution >= 0.6 is 0 Å². The molecule has 1 aliphatic heterocycles. The number of para-hydroxylation sites is 1. The smallest absolute Gasteiger partial charge is 0.272 e. The van der Waals surface area contributed by atoms with Gasteiger partial charge in [-0.15, -0.1) is 0 Å². The molecular formula is C19H16N4O4. The zero-order valence-electron chi connectivity index (χ0n) is 14.2. The first-order valence-electron chi connectivity index (χ1n) is 8.45. The van der Waals surface area contributed by atoms with Crippen molar-refractivity contribution in [3.8, 4) is 11.4 Å². The van der Waals surface area contributed by atoms with Gasteiger partial charge in [-0.05, 0) is 24.3 Å². The molecule has 1 atom stereocenters. The summed E-state index contributed by atoms with van der Waals surface area (Å²) < 4.78 is 7.12. The highest BCUT2D eigenvalue weighted by Crippen LogP contribution is 2.31. The average Bonchev–Trinajstić information content (AvgIpc) is 3.19.